The van der Waals surface area contributed by atoms with E-state index in [0.29, 0.717) is 11.4 Å². The van der Waals surface area contributed by atoms with E-state index in [0.717, 1.165) is 6.08 Å². The van der Waals surface area contributed by atoms with Gasteiger partial charge >= 0.3 is 0 Å². The van der Waals surface area contributed by atoms with Crippen LogP contribution in [-0.2, 0) is 4.79 Å². The van der Waals surface area contributed by atoms with Crippen LogP contribution >= 0.6 is 0 Å². The molecule has 31 heavy (non-hydrogen) atoms. The minimum absolute atomic E-state index is 0.210. The molecule has 0 aromatic heterocycles. The van der Waals surface area contributed by atoms with Crippen LogP contribution in [0.25, 0.3) is 0 Å². The Bertz CT molecular complexity index is 819. The van der Waals surface area contributed by atoms with Crippen molar-refractivity contribution >= 4 is 22.9 Å². The largest absolute Gasteiger partial charge is 0.387 e. The Hall–Kier alpha value is -3.56. The molecule has 1 aliphatic rings. The van der Waals surface area contributed by atoms with Gasteiger partial charge in [0, 0.05) is 31.6 Å². The molecular formula is C22H30F2N6O. The van der Waals surface area contributed by atoms with Gasteiger partial charge in [-0.25, -0.2) is 4.39 Å². The van der Waals surface area contributed by atoms with E-state index in [1.54, 1.807) is 13.1 Å². The third kappa shape index (κ3) is 11.3. The minimum Gasteiger partial charge on any atom is -0.387 e. The molecule has 0 saturated heterocycles. The summed E-state index contributed by atoms with van der Waals surface area (Å²) in [6, 6.07) is 4.48. The molecule has 0 fully saturated rings. The summed E-state index contributed by atoms with van der Waals surface area (Å²) in [4.78, 5) is 11.8. The monoisotopic (exact) mass is 432 g/mol. The summed E-state index contributed by atoms with van der Waals surface area (Å²) in [7, 11) is 1.60. The molecule has 0 amide bonds. The zero-order valence-electron chi connectivity index (χ0n) is 17.5. The van der Waals surface area contributed by atoms with Crippen molar-refractivity contribution < 1.29 is 13.7 Å². The standard InChI is InChI=1S/C16H20FN5O.C6H8.FH2N/c1-3-21-11-4-5-13(12(17)10-11)22-9-7-15(23)16(19)14(20-2)6-8-18;1-2-4-6-5-3-1;1-2/h3-7,9-10,19-22H,1,8,18H2,2H3;1-4H,5-6H2;2H2/b9-7-,14-6-,19-16?;;. The maximum absolute atomic E-state index is 13.8. The van der Waals surface area contributed by atoms with Gasteiger partial charge in [-0.05, 0) is 43.3 Å². The van der Waals surface area contributed by atoms with Crippen LogP contribution in [0.15, 0.2) is 79.3 Å². The normalized spacial score (nSPS) is 12.1. The lowest BCUT2D eigenvalue weighted by molar-refractivity contribution is -0.108. The number of ketones is 1. The van der Waals surface area contributed by atoms with E-state index in [1.165, 1.54) is 43.5 Å². The highest BCUT2D eigenvalue weighted by Crippen LogP contribution is 2.18. The lowest BCUT2D eigenvalue weighted by Gasteiger charge is -2.07. The third-order valence-corrected chi connectivity index (χ3v) is 3.70. The van der Waals surface area contributed by atoms with Gasteiger partial charge in [-0.1, -0.05) is 30.9 Å². The van der Waals surface area contributed by atoms with Gasteiger partial charge in [-0.2, -0.15) is 5.96 Å². The van der Waals surface area contributed by atoms with Gasteiger partial charge in [0.2, 0.25) is 5.78 Å². The highest BCUT2D eigenvalue weighted by Gasteiger charge is 2.10. The first-order valence-electron chi connectivity index (χ1n) is 9.38. The van der Waals surface area contributed by atoms with Crippen LogP contribution in [-0.4, -0.2) is 25.1 Å². The molecule has 1 aromatic carbocycles. The molecule has 0 aliphatic heterocycles. The Labute approximate surface area is 181 Å². The maximum Gasteiger partial charge on any atom is 0.207 e. The molecule has 9 heteroatoms. The summed E-state index contributed by atoms with van der Waals surface area (Å²) in [5.41, 5.74) is 6.26. The number of halogens is 2. The second-order valence-electron chi connectivity index (χ2n) is 5.80. The number of benzene rings is 1. The molecule has 1 aliphatic carbocycles. The van der Waals surface area contributed by atoms with E-state index in [4.69, 9.17) is 15.6 Å². The SMILES string of the molecule is C1=CCCC=C1.C=CNc1ccc(N/C=C\C(=O)C(=N)/C(=C/CN)NC)c(F)c1.NF. The summed E-state index contributed by atoms with van der Waals surface area (Å²) in [6.45, 7) is 3.70. The molecule has 0 unspecified atom stereocenters. The van der Waals surface area contributed by atoms with Gasteiger partial charge in [0.25, 0.3) is 0 Å². The van der Waals surface area contributed by atoms with Gasteiger partial charge in [0.1, 0.15) is 11.5 Å². The topological polar surface area (TPSA) is 129 Å². The molecule has 0 saturated carbocycles. The van der Waals surface area contributed by atoms with Crippen molar-refractivity contribution in [2.75, 3.05) is 24.2 Å². The van der Waals surface area contributed by atoms with E-state index in [9.17, 15) is 9.18 Å². The first-order valence-corrected chi connectivity index (χ1v) is 9.38. The van der Waals surface area contributed by atoms with E-state index in [-0.39, 0.29) is 17.9 Å². The van der Waals surface area contributed by atoms with Crippen LogP contribution in [0, 0.1) is 11.2 Å². The molecule has 0 atom stereocenters. The highest BCUT2D eigenvalue weighted by atomic mass is 19.2. The van der Waals surface area contributed by atoms with Crippen LogP contribution in [0.4, 0.5) is 20.2 Å². The fourth-order valence-corrected chi connectivity index (χ4v) is 2.25. The molecule has 7 nitrogen and oxygen atoms in total. The molecule has 0 spiro atoms. The number of carbonyl (C=O) groups excluding carboxylic acids is 1. The molecule has 0 heterocycles. The van der Waals surface area contributed by atoms with Crippen molar-refractivity contribution in [3.05, 3.63) is 85.1 Å². The van der Waals surface area contributed by atoms with E-state index < -0.39 is 11.6 Å². The average molecular weight is 433 g/mol. The number of anilines is 2. The van der Waals surface area contributed by atoms with Gasteiger partial charge in [-0.15, -0.1) is 4.48 Å². The van der Waals surface area contributed by atoms with E-state index in [2.05, 4.69) is 52.8 Å². The number of nitrogens with two attached hydrogens (primary N) is 2. The van der Waals surface area contributed by atoms with Crippen molar-refractivity contribution in [2.45, 2.75) is 12.8 Å². The van der Waals surface area contributed by atoms with Crippen LogP contribution in [0.2, 0.25) is 0 Å². The van der Waals surface area contributed by atoms with Gasteiger partial charge in [0.15, 0.2) is 0 Å². The molecule has 168 valence electrons. The lowest BCUT2D eigenvalue weighted by Crippen LogP contribution is -2.23. The van der Waals surface area contributed by atoms with Gasteiger partial charge < -0.3 is 21.7 Å². The van der Waals surface area contributed by atoms with Crippen LogP contribution < -0.4 is 27.6 Å². The molecule has 0 bridgehead atoms. The molecule has 0 radical (unpaired) electrons. The Morgan fingerprint density at radius 3 is 2.32 bits per heavy atom. The smallest absolute Gasteiger partial charge is 0.207 e. The van der Waals surface area contributed by atoms with Crippen LogP contribution in [0.5, 0.6) is 0 Å². The summed E-state index contributed by atoms with van der Waals surface area (Å²) in [5.74, 6) is 1.99. The number of rotatable bonds is 9. The Morgan fingerprint density at radius 2 is 1.87 bits per heavy atom. The van der Waals surface area contributed by atoms with Crippen molar-refractivity contribution in [3.8, 4) is 0 Å². The van der Waals surface area contributed by atoms with Crippen molar-refractivity contribution in [3.63, 3.8) is 0 Å². The fraction of sp³-hybridized carbons (Fsp3) is 0.182. The molecule has 1 aromatic rings. The summed E-state index contributed by atoms with van der Waals surface area (Å²) >= 11 is 0. The summed E-state index contributed by atoms with van der Waals surface area (Å²) < 4.78 is 22.8. The average Bonchev–Trinajstić information content (AvgIpc) is 2.81. The maximum atomic E-state index is 13.8. The van der Waals surface area contributed by atoms with Crippen LogP contribution in [0.3, 0.4) is 0 Å². The first-order chi connectivity index (χ1) is 15.0. The van der Waals surface area contributed by atoms with Gasteiger partial charge in [-0.3, -0.25) is 10.2 Å². The first kappa shape index (κ1) is 27.4. The number of carbonyl (C=O) groups is 1. The zero-order chi connectivity index (χ0) is 23.5. The van der Waals surface area contributed by atoms with Crippen molar-refractivity contribution in [2.24, 2.45) is 11.7 Å². The van der Waals surface area contributed by atoms with Crippen molar-refractivity contribution in [1.29, 1.82) is 5.41 Å². The number of nitrogens with one attached hydrogen (secondary N) is 4. The second-order valence-corrected chi connectivity index (χ2v) is 5.80. The third-order valence-electron chi connectivity index (χ3n) is 3.70. The zero-order valence-corrected chi connectivity index (χ0v) is 17.5. The predicted octanol–water partition coefficient (Wildman–Crippen LogP) is 3.68. The molecule has 2 rings (SSSR count). The van der Waals surface area contributed by atoms with Crippen LogP contribution in [0.1, 0.15) is 12.8 Å². The highest BCUT2D eigenvalue weighted by molar-refractivity contribution is 6.48. The number of hydrogen-bond donors (Lipinski definition) is 6. The number of allylic oxidation sites excluding steroid dienone is 6. The summed E-state index contributed by atoms with van der Waals surface area (Å²) in [6.07, 6.45) is 16.4. The molecule has 8 N–H and O–H groups in total. The predicted molar refractivity (Wildman–Crippen MR) is 125 cm³/mol. The number of hydrogen-bond acceptors (Lipinski definition) is 7. The Morgan fingerprint density at radius 1 is 1.23 bits per heavy atom. The van der Waals surface area contributed by atoms with Crippen molar-refractivity contribution in [1.82, 2.24) is 5.32 Å². The fourth-order valence-electron chi connectivity index (χ4n) is 2.25. The van der Waals surface area contributed by atoms with Gasteiger partial charge in [0.05, 0.1) is 11.4 Å². The summed E-state index contributed by atoms with van der Waals surface area (Å²) in [5, 5.41) is 15.9. The van der Waals surface area contributed by atoms with E-state index >= 15 is 0 Å². The second kappa shape index (κ2) is 17.3. The Kier molecular flexibility index (Phi) is 15.3. The minimum atomic E-state index is -0.531. The lowest BCUT2D eigenvalue weighted by atomic mass is 10.1. The Balaban J connectivity index is 0.000000945. The quantitative estimate of drug-likeness (QED) is 0.201. The van der Waals surface area contributed by atoms with E-state index in [1.807, 2.05) is 0 Å². The molecular weight excluding hydrogens is 402 g/mol.